The van der Waals surface area contributed by atoms with Crippen molar-refractivity contribution in [3.05, 3.63) is 44.4 Å². The average molecular weight is 271 g/mol. The molecule has 20 heavy (non-hydrogen) atoms. The third-order valence-corrected chi connectivity index (χ3v) is 5.16. The molecule has 0 unspecified atom stereocenters. The van der Waals surface area contributed by atoms with E-state index in [0.29, 0.717) is 5.57 Å². The second-order valence-corrected chi connectivity index (χ2v) is 6.09. The molecule has 104 valence electrons. The van der Waals surface area contributed by atoms with E-state index in [1.54, 1.807) is 6.92 Å². The van der Waals surface area contributed by atoms with Crippen molar-refractivity contribution in [3.8, 4) is 0 Å². The van der Waals surface area contributed by atoms with Crippen LogP contribution in [0.1, 0.15) is 33.6 Å². The van der Waals surface area contributed by atoms with Gasteiger partial charge in [-0.25, -0.2) is 0 Å². The van der Waals surface area contributed by atoms with Gasteiger partial charge in [-0.3, -0.25) is 4.79 Å². The number of rotatable bonds is 2. The van der Waals surface area contributed by atoms with Crippen LogP contribution in [0.25, 0.3) is 10.4 Å². The highest BCUT2D eigenvalue weighted by atomic mass is 16.3. The van der Waals surface area contributed by atoms with E-state index in [-0.39, 0.29) is 12.3 Å². The Morgan fingerprint density at radius 2 is 2.10 bits per heavy atom. The van der Waals surface area contributed by atoms with E-state index in [2.05, 4.69) is 10.0 Å². The number of Topliss-reactive ketones (excluding diaryl/α,β-unsaturated/α-hetero) is 1. The number of nitrogens with zero attached hydrogens (tertiary/aromatic N) is 3. The Morgan fingerprint density at radius 3 is 2.65 bits per heavy atom. The zero-order valence-electron chi connectivity index (χ0n) is 11.9. The number of hydrogen-bond donors (Lipinski definition) is 1. The molecule has 0 amide bonds. The van der Waals surface area contributed by atoms with Crippen molar-refractivity contribution in [2.45, 2.75) is 39.2 Å². The van der Waals surface area contributed by atoms with Crippen molar-refractivity contribution < 1.29 is 9.90 Å². The first kappa shape index (κ1) is 13.2. The van der Waals surface area contributed by atoms with Crippen LogP contribution >= 0.6 is 0 Å². The Morgan fingerprint density at radius 1 is 1.45 bits per heavy atom. The number of hydrogen-bond acceptors (Lipinski definition) is 3. The van der Waals surface area contributed by atoms with Crippen molar-refractivity contribution in [1.29, 1.82) is 0 Å². The fourth-order valence-corrected chi connectivity index (χ4v) is 3.72. The number of ketones is 1. The van der Waals surface area contributed by atoms with Crippen LogP contribution in [0.4, 0.5) is 0 Å². The Labute approximate surface area is 117 Å². The Hall–Kier alpha value is -1.84. The number of carbonyl (C=O) groups is 1. The van der Waals surface area contributed by atoms with Gasteiger partial charge in [0, 0.05) is 15.9 Å². The molecule has 0 aromatic heterocycles. The number of azide groups is 1. The van der Waals surface area contributed by atoms with Crippen molar-refractivity contribution in [1.82, 2.24) is 0 Å². The largest absolute Gasteiger partial charge is 0.381 e. The molecule has 0 aromatic rings. The lowest BCUT2D eigenvalue weighted by Crippen LogP contribution is -2.49. The molecular formula is C15H17N3O2. The lowest BCUT2D eigenvalue weighted by atomic mass is 9.67. The summed E-state index contributed by atoms with van der Waals surface area (Å²) in [7, 11) is 0. The average Bonchev–Trinajstić information content (AvgIpc) is 3.14. The van der Waals surface area contributed by atoms with Crippen molar-refractivity contribution in [2.24, 2.45) is 10.5 Å². The molecular weight excluding hydrogens is 254 g/mol. The number of carbonyl (C=O) groups excluding carboxylic acids is 1. The fourth-order valence-electron chi connectivity index (χ4n) is 3.72. The molecule has 0 bridgehead atoms. The first-order valence-corrected chi connectivity index (χ1v) is 6.78. The molecule has 3 rings (SSSR count). The smallest absolute Gasteiger partial charge is 0.195 e. The normalized spacial score (nSPS) is 30.4. The van der Waals surface area contributed by atoms with Gasteiger partial charge in [0.05, 0.1) is 6.54 Å². The van der Waals surface area contributed by atoms with E-state index in [1.807, 2.05) is 19.9 Å². The third-order valence-electron chi connectivity index (χ3n) is 5.16. The van der Waals surface area contributed by atoms with Crippen LogP contribution in [-0.4, -0.2) is 23.0 Å². The summed E-state index contributed by atoms with van der Waals surface area (Å²) in [6.07, 6.45) is 3.48. The SMILES string of the molecule is CC1=C(CN=[N+]=[N-])C2=C(C)C3(CC3)[C@@](C)(O)C(=O)C2=C1. The molecule has 3 aliphatic carbocycles. The van der Waals surface area contributed by atoms with Crippen LogP contribution in [-0.2, 0) is 4.79 Å². The summed E-state index contributed by atoms with van der Waals surface area (Å²) < 4.78 is 0. The maximum Gasteiger partial charge on any atom is 0.195 e. The van der Waals surface area contributed by atoms with Gasteiger partial charge in [0.15, 0.2) is 5.78 Å². The van der Waals surface area contributed by atoms with Gasteiger partial charge >= 0.3 is 0 Å². The van der Waals surface area contributed by atoms with Crippen molar-refractivity contribution >= 4 is 5.78 Å². The Kier molecular flexibility index (Phi) is 2.53. The minimum atomic E-state index is -1.32. The molecule has 3 aliphatic rings. The molecule has 0 aliphatic heterocycles. The predicted molar refractivity (Wildman–Crippen MR) is 74.8 cm³/mol. The van der Waals surface area contributed by atoms with Crippen LogP contribution in [0.5, 0.6) is 0 Å². The fraction of sp³-hybridized carbons (Fsp3) is 0.533. The predicted octanol–water partition coefficient (Wildman–Crippen LogP) is 2.98. The molecule has 0 heterocycles. The van der Waals surface area contributed by atoms with Crippen LogP contribution in [0.3, 0.4) is 0 Å². The van der Waals surface area contributed by atoms with Gasteiger partial charge in [-0.15, -0.1) is 0 Å². The highest BCUT2D eigenvalue weighted by molar-refractivity contribution is 6.10. The zero-order chi connectivity index (χ0) is 14.7. The van der Waals surface area contributed by atoms with Crippen molar-refractivity contribution in [3.63, 3.8) is 0 Å². The van der Waals surface area contributed by atoms with E-state index in [9.17, 15) is 9.90 Å². The minimum absolute atomic E-state index is 0.203. The van der Waals surface area contributed by atoms with Crippen LogP contribution in [0.15, 0.2) is 39.1 Å². The molecule has 1 saturated carbocycles. The highest BCUT2D eigenvalue weighted by Gasteiger charge is 2.64. The maximum absolute atomic E-state index is 12.6. The molecule has 1 spiro atoms. The van der Waals surface area contributed by atoms with Gasteiger partial charge in [-0.05, 0) is 61.9 Å². The Balaban J connectivity index is 2.20. The quantitative estimate of drug-likeness (QED) is 0.475. The standard InChI is InChI=1S/C15H17N3O2/c1-8-6-10-12(11(8)7-17-18-16)9(2)15(4-5-15)14(3,20)13(10)19/h6,20H,4-5,7H2,1-3H3/t14-/m0/s1. The van der Waals surface area contributed by atoms with Gasteiger partial charge < -0.3 is 5.11 Å². The van der Waals surface area contributed by atoms with Gasteiger partial charge in [-0.2, -0.15) is 0 Å². The summed E-state index contributed by atoms with van der Waals surface area (Å²) in [5.74, 6) is -0.203. The molecule has 0 aromatic carbocycles. The van der Waals surface area contributed by atoms with Gasteiger partial charge in [0.25, 0.3) is 0 Å². The summed E-state index contributed by atoms with van der Waals surface area (Å²) in [6.45, 7) is 5.78. The van der Waals surface area contributed by atoms with Gasteiger partial charge in [0.2, 0.25) is 0 Å². The van der Waals surface area contributed by atoms with E-state index in [1.165, 1.54) is 0 Å². The highest BCUT2D eigenvalue weighted by Crippen LogP contribution is 2.64. The van der Waals surface area contributed by atoms with Gasteiger partial charge in [0.1, 0.15) is 5.60 Å². The molecule has 5 heteroatoms. The van der Waals surface area contributed by atoms with E-state index in [4.69, 9.17) is 5.53 Å². The molecule has 0 radical (unpaired) electrons. The Bertz CT molecular complexity index is 669. The monoisotopic (exact) mass is 271 g/mol. The summed E-state index contributed by atoms with van der Waals surface area (Å²) in [4.78, 5) is 15.4. The lowest BCUT2D eigenvalue weighted by Gasteiger charge is -2.39. The summed E-state index contributed by atoms with van der Waals surface area (Å²) in [6, 6.07) is 0. The first-order valence-electron chi connectivity index (χ1n) is 6.78. The molecule has 5 nitrogen and oxygen atoms in total. The molecule has 1 atom stereocenters. The second-order valence-electron chi connectivity index (χ2n) is 6.09. The van der Waals surface area contributed by atoms with Crippen LogP contribution in [0, 0.1) is 5.41 Å². The molecule has 0 saturated heterocycles. The van der Waals surface area contributed by atoms with Crippen LogP contribution < -0.4 is 0 Å². The van der Waals surface area contributed by atoms with Crippen LogP contribution in [0.2, 0.25) is 0 Å². The van der Waals surface area contributed by atoms with E-state index >= 15 is 0 Å². The molecule has 1 N–H and O–H groups in total. The summed E-state index contributed by atoms with van der Waals surface area (Å²) >= 11 is 0. The lowest BCUT2D eigenvalue weighted by molar-refractivity contribution is -0.137. The minimum Gasteiger partial charge on any atom is -0.381 e. The number of allylic oxidation sites excluding steroid dienone is 2. The summed E-state index contributed by atoms with van der Waals surface area (Å²) in [5.41, 5.74) is 11.2. The summed E-state index contributed by atoms with van der Waals surface area (Å²) in [5, 5.41) is 14.3. The first-order chi connectivity index (χ1) is 9.37. The number of fused-ring (bicyclic) bond motifs is 1. The van der Waals surface area contributed by atoms with Gasteiger partial charge in [-0.1, -0.05) is 10.7 Å². The topological polar surface area (TPSA) is 86.1 Å². The zero-order valence-corrected chi connectivity index (χ0v) is 11.9. The van der Waals surface area contributed by atoms with E-state index < -0.39 is 11.0 Å². The second kappa shape index (κ2) is 3.84. The third kappa shape index (κ3) is 1.37. The van der Waals surface area contributed by atoms with Crippen molar-refractivity contribution in [2.75, 3.05) is 6.54 Å². The number of aliphatic hydroxyl groups is 1. The maximum atomic E-state index is 12.6. The van der Waals surface area contributed by atoms with E-state index in [0.717, 1.165) is 35.1 Å². The molecule has 1 fully saturated rings.